The average Bonchev–Trinajstić information content (AvgIpc) is 3.22. The normalized spacial score (nSPS) is 16.7. The quantitative estimate of drug-likeness (QED) is 0.668. The second kappa shape index (κ2) is 8.70. The van der Waals surface area contributed by atoms with Gasteiger partial charge in [-0.15, -0.1) is 0 Å². The molecule has 0 aliphatic carbocycles. The van der Waals surface area contributed by atoms with Gasteiger partial charge in [-0.3, -0.25) is 9.59 Å². The van der Waals surface area contributed by atoms with Crippen LogP contribution in [0.25, 0.3) is 10.9 Å². The molecule has 150 valence electrons. The predicted octanol–water partition coefficient (Wildman–Crippen LogP) is 4.03. The molecule has 3 aromatic rings. The summed E-state index contributed by atoms with van der Waals surface area (Å²) in [7, 11) is 0. The van der Waals surface area contributed by atoms with Gasteiger partial charge in [-0.1, -0.05) is 29.8 Å². The highest BCUT2D eigenvalue weighted by molar-refractivity contribution is 6.30. The van der Waals surface area contributed by atoms with Gasteiger partial charge in [0.1, 0.15) is 0 Å². The van der Waals surface area contributed by atoms with E-state index in [1.165, 1.54) is 0 Å². The van der Waals surface area contributed by atoms with Crippen molar-refractivity contribution in [2.45, 2.75) is 19.3 Å². The van der Waals surface area contributed by atoms with Crippen LogP contribution in [0.1, 0.15) is 28.8 Å². The van der Waals surface area contributed by atoms with Gasteiger partial charge in [0.15, 0.2) is 0 Å². The summed E-state index contributed by atoms with van der Waals surface area (Å²) in [5, 5.41) is 4.81. The Balaban J connectivity index is 1.32. The molecule has 0 unspecified atom stereocenters. The Morgan fingerprint density at radius 2 is 1.97 bits per heavy atom. The Bertz CT molecular complexity index is 1010. The number of hydrogen-bond donors (Lipinski definition) is 2. The maximum Gasteiger partial charge on any atom is 0.253 e. The van der Waals surface area contributed by atoms with Crippen molar-refractivity contribution in [3.63, 3.8) is 0 Å². The molecule has 2 heterocycles. The minimum absolute atomic E-state index is 0.0137. The number of benzene rings is 2. The van der Waals surface area contributed by atoms with Gasteiger partial charge in [0.2, 0.25) is 5.91 Å². The molecule has 1 fully saturated rings. The van der Waals surface area contributed by atoms with E-state index in [2.05, 4.69) is 10.3 Å². The topological polar surface area (TPSA) is 65.2 Å². The highest BCUT2D eigenvalue weighted by Gasteiger charge is 2.28. The van der Waals surface area contributed by atoms with Gasteiger partial charge in [-0.05, 0) is 60.5 Å². The Morgan fingerprint density at radius 3 is 2.79 bits per heavy atom. The lowest BCUT2D eigenvalue weighted by atomic mass is 9.96. The van der Waals surface area contributed by atoms with Crippen molar-refractivity contribution in [2.24, 2.45) is 5.92 Å². The predicted molar refractivity (Wildman–Crippen MR) is 115 cm³/mol. The standard InChI is InChI=1S/C23H24ClN3O2/c24-20-7-3-16(4-8-20)9-11-26-22(28)19-2-1-13-27(15-19)23(29)18-6-5-17-10-12-25-21(17)14-18/h3-8,10,12,14,19,25H,1-2,9,11,13,15H2,(H,26,28)/t19-/m1/s1. The minimum atomic E-state index is -0.160. The van der Waals surface area contributed by atoms with E-state index in [9.17, 15) is 9.59 Å². The molecule has 1 aliphatic heterocycles. The largest absolute Gasteiger partial charge is 0.361 e. The van der Waals surface area contributed by atoms with Crippen molar-refractivity contribution in [1.82, 2.24) is 15.2 Å². The van der Waals surface area contributed by atoms with E-state index in [4.69, 9.17) is 11.6 Å². The number of carbonyl (C=O) groups excluding carboxylic acids is 2. The zero-order chi connectivity index (χ0) is 20.2. The van der Waals surface area contributed by atoms with Gasteiger partial charge in [0, 0.05) is 41.9 Å². The molecule has 1 aliphatic rings. The maximum absolute atomic E-state index is 12.9. The lowest BCUT2D eigenvalue weighted by Crippen LogP contribution is -2.45. The molecular formula is C23H24ClN3O2. The first-order chi connectivity index (χ1) is 14.1. The van der Waals surface area contributed by atoms with Crippen molar-refractivity contribution in [3.05, 3.63) is 70.9 Å². The zero-order valence-corrected chi connectivity index (χ0v) is 16.9. The van der Waals surface area contributed by atoms with Crippen molar-refractivity contribution in [3.8, 4) is 0 Å². The lowest BCUT2D eigenvalue weighted by Gasteiger charge is -2.32. The molecule has 29 heavy (non-hydrogen) atoms. The fourth-order valence-electron chi connectivity index (χ4n) is 3.86. The summed E-state index contributed by atoms with van der Waals surface area (Å²) in [5.74, 6) is -0.149. The Hall–Kier alpha value is -2.79. The number of amides is 2. The van der Waals surface area contributed by atoms with Gasteiger partial charge < -0.3 is 15.2 Å². The van der Waals surface area contributed by atoms with E-state index < -0.39 is 0 Å². The van der Waals surface area contributed by atoms with Crippen LogP contribution in [0.4, 0.5) is 0 Å². The third-order valence-electron chi connectivity index (χ3n) is 5.51. The molecule has 0 spiro atoms. The van der Waals surface area contributed by atoms with Gasteiger partial charge in [-0.25, -0.2) is 0 Å². The second-order valence-electron chi connectivity index (χ2n) is 7.54. The third kappa shape index (κ3) is 4.62. The monoisotopic (exact) mass is 409 g/mol. The van der Waals surface area contributed by atoms with Crippen molar-refractivity contribution in [1.29, 1.82) is 0 Å². The zero-order valence-electron chi connectivity index (χ0n) is 16.2. The number of halogens is 1. The van der Waals surface area contributed by atoms with E-state index in [1.54, 1.807) is 4.90 Å². The minimum Gasteiger partial charge on any atom is -0.361 e. The SMILES string of the molecule is O=C(NCCc1ccc(Cl)cc1)[C@@H]1CCCN(C(=O)c2ccc3cc[nH]c3c2)C1. The molecule has 1 atom stereocenters. The van der Waals surface area contributed by atoms with Crippen LogP contribution >= 0.6 is 11.6 Å². The number of rotatable bonds is 5. The van der Waals surface area contributed by atoms with Gasteiger partial charge >= 0.3 is 0 Å². The van der Waals surface area contributed by atoms with Crippen LogP contribution < -0.4 is 5.32 Å². The molecule has 2 N–H and O–H groups in total. The molecular weight excluding hydrogens is 386 g/mol. The molecule has 0 bridgehead atoms. The van der Waals surface area contributed by atoms with Crippen LogP contribution in [-0.4, -0.2) is 41.3 Å². The van der Waals surface area contributed by atoms with E-state index in [-0.39, 0.29) is 17.7 Å². The highest BCUT2D eigenvalue weighted by atomic mass is 35.5. The lowest BCUT2D eigenvalue weighted by molar-refractivity contribution is -0.126. The van der Waals surface area contributed by atoms with Gasteiger partial charge in [-0.2, -0.15) is 0 Å². The Morgan fingerprint density at radius 1 is 1.14 bits per heavy atom. The summed E-state index contributed by atoms with van der Waals surface area (Å²) in [6.07, 6.45) is 4.27. The van der Waals surface area contributed by atoms with Gasteiger partial charge in [0.05, 0.1) is 5.92 Å². The number of hydrogen-bond acceptors (Lipinski definition) is 2. The number of aromatic amines is 1. The maximum atomic E-state index is 12.9. The summed E-state index contributed by atoms with van der Waals surface area (Å²) in [6.45, 7) is 1.74. The van der Waals surface area contributed by atoms with Crippen LogP contribution in [0.3, 0.4) is 0 Å². The summed E-state index contributed by atoms with van der Waals surface area (Å²) >= 11 is 5.90. The number of fused-ring (bicyclic) bond motifs is 1. The summed E-state index contributed by atoms with van der Waals surface area (Å²) in [6, 6.07) is 15.3. The summed E-state index contributed by atoms with van der Waals surface area (Å²) in [5.41, 5.74) is 2.74. The first-order valence-corrected chi connectivity index (χ1v) is 10.4. The molecule has 0 radical (unpaired) electrons. The number of aromatic nitrogens is 1. The molecule has 6 heteroatoms. The third-order valence-corrected chi connectivity index (χ3v) is 5.76. The highest BCUT2D eigenvalue weighted by Crippen LogP contribution is 2.21. The smallest absolute Gasteiger partial charge is 0.253 e. The molecule has 2 aromatic carbocycles. The van der Waals surface area contributed by atoms with Crippen LogP contribution in [0.15, 0.2) is 54.7 Å². The Labute approximate surface area is 175 Å². The number of carbonyl (C=O) groups is 2. The van der Waals surface area contributed by atoms with E-state index in [0.717, 1.165) is 35.7 Å². The summed E-state index contributed by atoms with van der Waals surface area (Å²) < 4.78 is 0. The molecule has 4 rings (SSSR count). The second-order valence-corrected chi connectivity index (χ2v) is 7.97. The number of nitrogens with zero attached hydrogens (tertiary/aromatic N) is 1. The summed E-state index contributed by atoms with van der Waals surface area (Å²) in [4.78, 5) is 30.5. The average molecular weight is 410 g/mol. The van der Waals surface area contributed by atoms with Crippen LogP contribution in [0, 0.1) is 5.92 Å². The van der Waals surface area contributed by atoms with Crippen LogP contribution in [0.5, 0.6) is 0 Å². The van der Waals surface area contributed by atoms with E-state index >= 15 is 0 Å². The molecule has 2 amide bonds. The fraction of sp³-hybridized carbons (Fsp3) is 0.304. The van der Waals surface area contributed by atoms with Crippen molar-refractivity contribution < 1.29 is 9.59 Å². The molecule has 1 saturated heterocycles. The number of nitrogens with one attached hydrogen (secondary N) is 2. The van der Waals surface area contributed by atoms with Gasteiger partial charge in [0.25, 0.3) is 5.91 Å². The molecule has 5 nitrogen and oxygen atoms in total. The first kappa shape index (κ1) is 19.5. The first-order valence-electron chi connectivity index (χ1n) is 9.99. The van der Waals surface area contributed by atoms with E-state index in [0.29, 0.717) is 30.2 Å². The number of piperidine rings is 1. The van der Waals surface area contributed by atoms with E-state index in [1.807, 2.05) is 54.7 Å². The molecule has 1 aromatic heterocycles. The van der Waals surface area contributed by atoms with Crippen LogP contribution in [-0.2, 0) is 11.2 Å². The molecule has 0 saturated carbocycles. The van der Waals surface area contributed by atoms with Crippen molar-refractivity contribution >= 4 is 34.3 Å². The fourth-order valence-corrected chi connectivity index (χ4v) is 3.99. The van der Waals surface area contributed by atoms with Crippen molar-refractivity contribution in [2.75, 3.05) is 19.6 Å². The van der Waals surface area contributed by atoms with Crippen LogP contribution in [0.2, 0.25) is 5.02 Å². The number of H-pyrrole nitrogens is 1. The Kier molecular flexibility index (Phi) is 5.86. The number of likely N-dealkylation sites (tertiary alicyclic amines) is 1.